The van der Waals surface area contributed by atoms with Gasteiger partial charge in [-0.1, -0.05) is 11.6 Å². The van der Waals surface area contributed by atoms with E-state index < -0.39 is 12.0 Å². The van der Waals surface area contributed by atoms with Crippen molar-refractivity contribution in [2.75, 3.05) is 7.11 Å². The molecule has 0 radical (unpaired) electrons. The molecule has 1 N–H and O–H groups in total. The minimum absolute atomic E-state index is 0.330. The van der Waals surface area contributed by atoms with Crippen molar-refractivity contribution in [1.29, 1.82) is 0 Å². The molecule has 13 heavy (non-hydrogen) atoms. The highest BCUT2D eigenvalue weighted by atomic mass is 16.5. The number of allylic oxidation sites excluding steroid dienone is 1. The lowest BCUT2D eigenvalue weighted by molar-refractivity contribution is -0.147. The van der Waals surface area contributed by atoms with Crippen LogP contribution in [-0.2, 0) is 9.53 Å². The lowest BCUT2D eigenvalue weighted by Crippen LogP contribution is -2.28. The van der Waals surface area contributed by atoms with Crippen molar-refractivity contribution in [3.05, 3.63) is 11.6 Å². The summed E-state index contributed by atoms with van der Waals surface area (Å²) in [6.45, 7) is 1.63. The molecule has 0 spiro atoms. The third kappa shape index (κ3) is 2.31. The number of methoxy groups -OCH3 is 1. The van der Waals surface area contributed by atoms with E-state index in [9.17, 15) is 9.90 Å². The second-order valence-corrected chi connectivity index (χ2v) is 3.41. The molecule has 74 valence electrons. The van der Waals surface area contributed by atoms with Crippen LogP contribution in [0.1, 0.15) is 26.2 Å². The van der Waals surface area contributed by atoms with Gasteiger partial charge in [-0.05, 0) is 26.2 Å². The first-order valence-corrected chi connectivity index (χ1v) is 4.61. The maximum absolute atomic E-state index is 11.3. The van der Waals surface area contributed by atoms with E-state index in [1.54, 1.807) is 6.92 Å². The fourth-order valence-electron chi connectivity index (χ4n) is 1.76. The summed E-state index contributed by atoms with van der Waals surface area (Å²) in [4.78, 5) is 11.3. The maximum atomic E-state index is 11.3. The van der Waals surface area contributed by atoms with Crippen molar-refractivity contribution in [2.45, 2.75) is 32.3 Å². The average Bonchev–Trinajstić information content (AvgIpc) is 2.56. The summed E-state index contributed by atoms with van der Waals surface area (Å²) >= 11 is 0. The van der Waals surface area contributed by atoms with Crippen LogP contribution >= 0.6 is 0 Å². The molecule has 1 aliphatic rings. The number of rotatable bonds is 3. The van der Waals surface area contributed by atoms with E-state index in [4.69, 9.17) is 0 Å². The van der Waals surface area contributed by atoms with Crippen molar-refractivity contribution < 1.29 is 14.6 Å². The minimum atomic E-state index is -0.656. The highest BCUT2D eigenvalue weighted by Crippen LogP contribution is 2.28. The van der Waals surface area contributed by atoms with Gasteiger partial charge in [0, 0.05) is 0 Å². The summed E-state index contributed by atoms with van der Waals surface area (Å²) < 4.78 is 4.65. The van der Waals surface area contributed by atoms with Gasteiger partial charge in [-0.15, -0.1) is 0 Å². The van der Waals surface area contributed by atoms with Crippen molar-refractivity contribution in [3.8, 4) is 0 Å². The van der Waals surface area contributed by atoms with Gasteiger partial charge in [-0.3, -0.25) is 4.79 Å². The smallest absolute Gasteiger partial charge is 0.315 e. The zero-order chi connectivity index (χ0) is 9.84. The van der Waals surface area contributed by atoms with Gasteiger partial charge in [0.1, 0.15) is 5.92 Å². The second kappa shape index (κ2) is 4.42. The van der Waals surface area contributed by atoms with Gasteiger partial charge in [0.05, 0.1) is 13.2 Å². The van der Waals surface area contributed by atoms with Crippen molar-refractivity contribution in [2.24, 2.45) is 5.92 Å². The van der Waals surface area contributed by atoms with Crippen molar-refractivity contribution in [3.63, 3.8) is 0 Å². The van der Waals surface area contributed by atoms with Gasteiger partial charge in [-0.2, -0.15) is 0 Å². The lowest BCUT2D eigenvalue weighted by atomic mass is 9.93. The molecule has 0 fully saturated rings. The van der Waals surface area contributed by atoms with E-state index in [0.29, 0.717) is 0 Å². The van der Waals surface area contributed by atoms with Gasteiger partial charge >= 0.3 is 5.97 Å². The zero-order valence-corrected chi connectivity index (χ0v) is 8.12. The monoisotopic (exact) mass is 184 g/mol. The number of hydrogen-bond donors (Lipinski definition) is 1. The highest BCUT2D eigenvalue weighted by Gasteiger charge is 2.29. The summed E-state index contributed by atoms with van der Waals surface area (Å²) in [5, 5.41) is 9.43. The Balaban J connectivity index is 2.72. The van der Waals surface area contributed by atoms with Crippen LogP contribution in [0.15, 0.2) is 11.6 Å². The van der Waals surface area contributed by atoms with Crippen LogP contribution in [0.4, 0.5) is 0 Å². The predicted octanol–water partition coefficient (Wildman–Crippen LogP) is 1.27. The Morgan fingerprint density at radius 2 is 2.38 bits per heavy atom. The molecule has 0 amide bonds. The normalized spacial score (nSPS) is 20.7. The molecule has 0 aromatic heterocycles. The zero-order valence-electron chi connectivity index (χ0n) is 8.12. The third-order valence-electron chi connectivity index (χ3n) is 2.41. The van der Waals surface area contributed by atoms with Gasteiger partial charge in [0.2, 0.25) is 0 Å². The first kappa shape index (κ1) is 10.3. The predicted molar refractivity (Wildman–Crippen MR) is 49.1 cm³/mol. The summed E-state index contributed by atoms with van der Waals surface area (Å²) in [6, 6.07) is 0. The molecule has 0 unspecified atom stereocenters. The summed E-state index contributed by atoms with van der Waals surface area (Å²) in [5.74, 6) is -0.782. The Morgan fingerprint density at radius 3 is 2.77 bits per heavy atom. The molecule has 2 atom stereocenters. The SMILES string of the molecule is COC(=O)[C@H](C1=CCCC1)[C@@H](C)O. The molecule has 0 bridgehead atoms. The number of esters is 1. The van der Waals surface area contributed by atoms with E-state index >= 15 is 0 Å². The van der Waals surface area contributed by atoms with Gasteiger partial charge in [0.25, 0.3) is 0 Å². The van der Waals surface area contributed by atoms with Crippen LogP contribution in [0.25, 0.3) is 0 Å². The largest absolute Gasteiger partial charge is 0.468 e. The molecular formula is C10H16O3. The topological polar surface area (TPSA) is 46.5 Å². The second-order valence-electron chi connectivity index (χ2n) is 3.41. The van der Waals surface area contributed by atoms with E-state index in [1.807, 2.05) is 6.08 Å². The number of aliphatic hydroxyl groups is 1. The van der Waals surface area contributed by atoms with Crippen LogP contribution in [0.5, 0.6) is 0 Å². The number of carbonyl (C=O) groups is 1. The summed E-state index contributed by atoms with van der Waals surface area (Å²) in [6.07, 6.45) is 4.38. The quantitative estimate of drug-likeness (QED) is 0.530. The average molecular weight is 184 g/mol. The Labute approximate surface area is 78.4 Å². The molecule has 0 aromatic carbocycles. The maximum Gasteiger partial charge on any atom is 0.315 e. The lowest BCUT2D eigenvalue weighted by Gasteiger charge is -2.18. The van der Waals surface area contributed by atoms with Crippen molar-refractivity contribution >= 4 is 5.97 Å². The summed E-state index contributed by atoms with van der Waals surface area (Å²) in [5.41, 5.74) is 1.03. The van der Waals surface area contributed by atoms with E-state index in [-0.39, 0.29) is 5.97 Å². The third-order valence-corrected chi connectivity index (χ3v) is 2.41. The van der Waals surface area contributed by atoms with Crippen LogP contribution in [0.3, 0.4) is 0 Å². The van der Waals surface area contributed by atoms with Crippen LogP contribution in [0, 0.1) is 5.92 Å². The molecular weight excluding hydrogens is 168 g/mol. The Hall–Kier alpha value is -0.830. The van der Waals surface area contributed by atoms with Crippen LogP contribution in [-0.4, -0.2) is 24.3 Å². The van der Waals surface area contributed by atoms with E-state index in [1.165, 1.54) is 7.11 Å². The number of hydrogen-bond acceptors (Lipinski definition) is 3. The van der Waals surface area contributed by atoms with Crippen LogP contribution in [0.2, 0.25) is 0 Å². The number of aliphatic hydroxyl groups excluding tert-OH is 1. The van der Waals surface area contributed by atoms with Crippen LogP contribution < -0.4 is 0 Å². The fourth-order valence-corrected chi connectivity index (χ4v) is 1.76. The molecule has 0 saturated heterocycles. The van der Waals surface area contributed by atoms with E-state index in [0.717, 1.165) is 24.8 Å². The first-order chi connectivity index (χ1) is 6.16. The van der Waals surface area contributed by atoms with Gasteiger partial charge in [-0.25, -0.2) is 0 Å². The molecule has 0 aromatic rings. The fraction of sp³-hybridized carbons (Fsp3) is 0.700. The molecule has 0 aliphatic heterocycles. The Bertz CT molecular complexity index is 218. The number of ether oxygens (including phenoxy) is 1. The molecule has 0 heterocycles. The van der Waals surface area contributed by atoms with Crippen molar-refractivity contribution in [1.82, 2.24) is 0 Å². The first-order valence-electron chi connectivity index (χ1n) is 4.61. The minimum Gasteiger partial charge on any atom is -0.468 e. The Kier molecular flexibility index (Phi) is 3.48. The highest BCUT2D eigenvalue weighted by molar-refractivity contribution is 5.76. The van der Waals surface area contributed by atoms with Gasteiger partial charge < -0.3 is 9.84 Å². The standard InChI is InChI=1S/C10H16O3/c1-7(11)9(10(12)13-2)8-5-3-4-6-8/h5,7,9,11H,3-4,6H2,1-2H3/t7-,9+/m1/s1. The summed E-state index contributed by atoms with van der Waals surface area (Å²) in [7, 11) is 1.35. The molecule has 0 saturated carbocycles. The molecule has 1 aliphatic carbocycles. The molecule has 1 rings (SSSR count). The van der Waals surface area contributed by atoms with Gasteiger partial charge in [0.15, 0.2) is 0 Å². The number of carbonyl (C=O) groups excluding carboxylic acids is 1. The van der Waals surface area contributed by atoms with E-state index in [2.05, 4.69) is 4.74 Å². The molecule has 3 heteroatoms. The Morgan fingerprint density at radius 1 is 1.69 bits per heavy atom. The molecule has 3 nitrogen and oxygen atoms in total.